The van der Waals surface area contributed by atoms with Crippen molar-refractivity contribution in [2.45, 2.75) is 38.8 Å². The summed E-state index contributed by atoms with van der Waals surface area (Å²) < 4.78 is 26.9. The number of benzene rings is 1. The van der Waals surface area contributed by atoms with E-state index in [0.717, 1.165) is 11.0 Å². The normalized spacial score (nSPS) is 21.9. The van der Waals surface area contributed by atoms with Crippen LogP contribution in [0.25, 0.3) is 0 Å². The Bertz CT molecular complexity index is 572. The number of nitrogens with one attached hydrogen (secondary N) is 1. The molecule has 1 N–H and O–H groups in total. The zero-order valence-electron chi connectivity index (χ0n) is 11.5. The first kappa shape index (κ1) is 14.4. The molecule has 1 fully saturated rings. The third-order valence-electron chi connectivity index (χ3n) is 3.36. The van der Waals surface area contributed by atoms with E-state index in [-0.39, 0.29) is 11.6 Å². The molecule has 1 aliphatic heterocycles. The topological polar surface area (TPSA) is 49.4 Å². The fourth-order valence-electron chi connectivity index (χ4n) is 2.33. The van der Waals surface area contributed by atoms with E-state index >= 15 is 0 Å². The fourth-order valence-corrected chi connectivity index (χ4v) is 2.33. The summed E-state index contributed by atoms with van der Waals surface area (Å²) in [5.41, 5.74) is -1.20. The molecular weight excluding hydrogens is 266 g/mol. The Morgan fingerprint density at radius 3 is 2.50 bits per heavy atom. The van der Waals surface area contributed by atoms with E-state index in [2.05, 4.69) is 5.32 Å². The van der Waals surface area contributed by atoms with Gasteiger partial charge in [0, 0.05) is 6.07 Å². The van der Waals surface area contributed by atoms with E-state index in [0.29, 0.717) is 12.5 Å². The van der Waals surface area contributed by atoms with Gasteiger partial charge in [-0.1, -0.05) is 6.92 Å². The van der Waals surface area contributed by atoms with Crippen LogP contribution in [-0.2, 0) is 9.59 Å². The summed E-state index contributed by atoms with van der Waals surface area (Å²) in [6.07, 6.45) is 0.338. The van der Waals surface area contributed by atoms with Crippen molar-refractivity contribution in [1.82, 2.24) is 5.32 Å². The molecule has 2 rings (SSSR count). The average Bonchev–Trinajstić information content (AvgIpc) is 2.34. The van der Waals surface area contributed by atoms with Crippen LogP contribution in [0.5, 0.6) is 0 Å². The van der Waals surface area contributed by atoms with Gasteiger partial charge in [0.05, 0.1) is 5.69 Å². The monoisotopic (exact) mass is 282 g/mol. The standard InChI is InChI=1S/C14H16F2N2O2/c1-4-10-12(19)17-14(2,3)13(20)18(10)11-6-5-8(15)7-9(11)16/h5-7,10H,4H2,1-3H3,(H,17,19). The van der Waals surface area contributed by atoms with E-state index in [9.17, 15) is 18.4 Å². The molecule has 0 saturated carbocycles. The van der Waals surface area contributed by atoms with Crippen molar-refractivity contribution in [1.29, 1.82) is 0 Å². The second kappa shape index (κ2) is 4.85. The van der Waals surface area contributed by atoms with Gasteiger partial charge in [-0.25, -0.2) is 8.78 Å². The second-order valence-electron chi connectivity index (χ2n) is 5.31. The predicted molar refractivity (Wildman–Crippen MR) is 70.1 cm³/mol. The van der Waals surface area contributed by atoms with Crippen LogP contribution in [0.15, 0.2) is 18.2 Å². The van der Waals surface area contributed by atoms with Crippen molar-refractivity contribution in [3.05, 3.63) is 29.8 Å². The lowest BCUT2D eigenvalue weighted by atomic mass is 9.95. The zero-order chi connectivity index (χ0) is 15.1. The van der Waals surface area contributed by atoms with E-state index in [1.165, 1.54) is 6.07 Å². The van der Waals surface area contributed by atoms with Gasteiger partial charge in [0.25, 0.3) is 5.91 Å². The average molecular weight is 282 g/mol. The lowest BCUT2D eigenvalue weighted by molar-refractivity contribution is -0.137. The Labute approximate surface area is 115 Å². The van der Waals surface area contributed by atoms with Crippen LogP contribution in [0.2, 0.25) is 0 Å². The van der Waals surface area contributed by atoms with Gasteiger partial charge < -0.3 is 5.32 Å². The molecule has 0 aromatic heterocycles. The first-order valence-corrected chi connectivity index (χ1v) is 6.38. The van der Waals surface area contributed by atoms with Gasteiger partial charge in [0.2, 0.25) is 5.91 Å². The molecule has 1 aliphatic rings. The first-order valence-electron chi connectivity index (χ1n) is 6.38. The van der Waals surface area contributed by atoms with E-state index in [1.807, 2.05) is 0 Å². The minimum Gasteiger partial charge on any atom is -0.340 e. The second-order valence-corrected chi connectivity index (χ2v) is 5.31. The molecule has 20 heavy (non-hydrogen) atoms. The number of piperazine rings is 1. The Morgan fingerprint density at radius 2 is 1.95 bits per heavy atom. The zero-order valence-corrected chi connectivity index (χ0v) is 11.5. The Morgan fingerprint density at radius 1 is 1.30 bits per heavy atom. The molecule has 2 amide bonds. The van der Waals surface area contributed by atoms with Crippen LogP contribution in [0, 0.1) is 11.6 Å². The quantitative estimate of drug-likeness (QED) is 0.901. The number of anilines is 1. The number of hydrogen-bond donors (Lipinski definition) is 1. The van der Waals surface area contributed by atoms with Crippen molar-refractivity contribution < 1.29 is 18.4 Å². The summed E-state index contributed by atoms with van der Waals surface area (Å²) >= 11 is 0. The van der Waals surface area contributed by atoms with Gasteiger partial charge >= 0.3 is 0 Å². The van der Waals surface area contributed by atoms with Crippen LogP contribution in [0.3, 0.4) is 0 Å². The molecule has 4 nitrogen and oxygen atoms in total. The Hall–Kier alpha value is -1.98. The number of amides is 2. The minimum absolute atomic E-state index is 0.0776. The highest BCUT2D eigenvalue weighted by molar-refractivity contribution is 6.10. The molecule has 0 aliphatic carbocycles. The molecule has 1 atom stereocenters. The third-order valence-corrected chi connectivity index (χ3v) is 3.36. The number of nitrogens with zero attached hydrogens (tertiary/aromatic N) is 1. The Balaban J connectivity index is 2.54. The van der Waals surface area contributed by atoms with Crippen LogP contribution in [0.1, 0.15) is 27.2 Å². The molecule has 1 saturated heterocycles. The van der Waals surface area contributed by atoms with Gasteiger partial charge in [-0.15, -0.1) is 0 Å². The maximum Gasteiger partial charge on any atom is 0.252 e. The molecule has 1 aromatic rings. The van der Waals surface area contributed by atoms with Crippen molar-refractivity contribution in [3.8, 4) is 0 Å². The van der Waals surface area contributed by atoms with Gasteiger partial charge in [0.1, 0.15) is 23.2 Å². The fraction of sp³-hybridized carbons (Fsp3) is 0.429. The summed E-state index contributed by atoms with van der Waals surface area (Å²) in [6, 6.07) is 2.16. The number of halogens is 2. The summed E-state index contributed by atoms with van der Waals surface area (Å²) in [5.74, 6) is -2.36. The highest BCUT2D eigenvalue weighted by Gasteiger charge is 2.45. The van der Waals surface area contributed by atoms with Crippen molar-refractivity contribution in [2.75, 3.05) is 4.90 Å². The molecule has 0 radical (unpaired) electrons. The number of rotatable bonds is 2. The Kier molecular flexibility index (Phi) is 3.50. The molecule has 1 heterocycles. The van der Waals surface area contributed by atoms with Crippen LogP contribution >= 0.6 is 0 Å². The lowest BCUT2D eigenvalue weighted by Crippen LogP contribution is -2.68. The molecule has 108 valence electrons. The maximum atomic E-state index is 13.9. The van der Waals surface area contributed by atoms with Gasteiger partial charge in [-0.3, -0.25) is 14.5 Å². The van der Waals surface area contributed by atoms with Gasteiger partial charge in [-0.05, 0) is 32.4 Å². The van der Waals surface area contributed by atoms with Gasteiger partial charge in [0.15, 0.2) is 0 Å². The third kappa shape index (κ3) is 2.26. The maximum absolute atomic E-state index is 13.9. The molecule has 1 unspecified atom stereocenters. The lowest BCUT2D eigenvalue weighted by Gasteiger charge is -2.42. The molecular formula is C14H16F2N2O2. The number of hydrogen-bond acceptors (Lipinski definition) is 2. The molecule has 0 spiro atoms. The van der Waals surface area contributed by atoms with Gasteiger partial charge in [-0.2, -0.15) is 0 Å². The van der Waals surface area contributed by atoms with Crippen LogP contribution in [0.4, 0.5) is 14.5 Å². The van der Waals surface area contributed by atoms with Crippen molar-refractivity contribution in [2.24, 2.45) is 0 Å². The SMILES string of the molecule is CCC1C(=O)NC(C)(C)C(=O)N1c1ccc(F)cc1F. The summed E-state index contributed by atoms with van der Waals surface area (Å²) in [7, 11) is 0. The number of carbonyl (C=O) groups is 2. The summed E-state index contributed by atoms with van der Waals surface area (Å²) in [4.78, 5) is 25.6. The van der Waals surface area contributed by atoms with Crippen LogP contribution in [-0.4, -0.2) is 23.4 Å². The summed E-state index contributed by atoms with van der Waals surface area (Å²) in [6.45, 7) is 4.82. The van der Waals surface area contributed by atoms with Crippen molar-refractivity contribution >= 4 is 17.5 Å². The molecule has 1 aromatic carbocycles. The van der Waals surface area contributed by atoms with E-state index in [1.54, 1.807) is 20.8 Å². The molecule has 6 heteroatoms. The molecule has 0 bridgehead atoms. The van der Waals surface area contributed by atoms with Crippen molar-refractivity contribution in [3.63, 3.8) is 0 Å². The number of carbonyl (C=O) groups excluding carboxylic acids is 2. The van der Waals surface area contributed by atoms with E-state index in [4.69, 9.17) is 0 Å². The highest BCUT2D eigenvalue weighted by atomic mass is 19.1. The van der Waals surface area contributed by atoms with E-state index < -0.39 is 29.1 Å². The largest absolute Gasteiger partial charge is 0.340 e. The summed E-state index contributed by atoms with van der Waals surface area (Å²) in [5, 5.41) is 2.61. The predicted octanol–water partition coefficient (Wildman–Crippen LogP) is 1.98. The highest BCUT2D eigenvalue weighted by Crippen LogP contribution is 2.29. The first-order chi connectivity index (χ1) is 9.27. The smallest absolute Gasteiger partial charge is 0.252 e. The minimum atomic E-state index is -1.12. The van der Waals surface area contributed by atoms with Crippen LogP contribution < -0.4 is 10.2 Å².